The van der Waals surface area contributed by atoms with Crippen molar-refractivity contribution in [3.63, 3.8) is 0 Å². The molecule has 1 fully saturated rings. The van der Waals surface area contributed by atoms with Gasteiger partial charge in [0.2, 0.25) is 5.91 Å². The summed E-state index contributed by atoms with van der Waals surface area (Å²) in [5, 5.41) is 9.99. The van der Waals surface area contributed by atoms with Crippen LogP contribution in [0.5, 0.6) is 0 Å². The molecule has 3 heterocycles. The minimum absolute atomic E-state index is 0.00407. The number of hydrogen-bond donors (Lipinski definition) is 2. The molecule has 148 valence electrons. The molecule has 29 heavy (non-hydrogen) atoms. The van der Waals surface area contributed by atoms with E-state index in [0.717, 1.165) is 15.7 Å². The van der Waals surface area contributed by atoms with Crippen LogP contribution in [0.1, 0.15) is 23.3 Å². The molecule has 1 aromatic carbocycles. The van der Waals surface area contributed by atoms with Crippen molar-refractivity contribution in [1.82, 2.24) is 20.1 Å². The van der Waals surface area contributed by atoms with Crippen LogP contribution in [-0.4, -0.2) is 45.0 Å². The van der Waals surface area contributed by atoms with E-state index in [9.17, 15) is 9.59 Å². The zero-order chi connectivity index (χ0) is 20.2. The second-order valence-electron chi connectivity index (χ2n) is 6.97. The van der Waals surface area contributed by atoms with Crippen LogP contribution in [0.15, 0.2) is 59.3 Å². The van der Waals surface area contributed by atoms with Gasteiger partial charge in [0.15, 0.2) is 0 Å². The molecule has 7 nitrogen and oxygen atoms in total. The van der Waals surface area contributed by atoms with Gasteiger partial charge in [0.05, 0.1) is 5.69 Å². The number of amides is 2. The van der Waals surface area contributed by atoms with E-state index in [1.165, 1.54) is 0 Å². The van der Waals surface area contributed by atoms with Gasteiger partial charge in [0.1, 0.15) is 5.69 Å². The highest BCUT2D eigenvalue weighted by Crippen LogP contribution is 2.23. The Labute approximate surface area is 176 Å². The van der Waals surface area contributed by atoms with Crippen molar-refractivity contribution in [3.8, 4) is 11.3 Å². The molecule has 2 amide bonds. The van der Waals surface area contributed by atoms with Gasteiger partial charge in [-0.05, 0) is 49.2 Å². The third-order valence-electron chi connectivity index (χ3n) is 5.01. The number of aromatic amines is 1. The smallest absolute Gasteiger partial charge is 0.271 e. The molecule has 1 aliphatic rings. The van der Waals surface area contributed by atoms with Crippen molar-refractivity contribution in [1.29, 1.82) is 0 Å². The van der Waals surface area contributed by atoms with Crippen molar-refractivity contribution in [2.45, 2.75) is 12.8 Å². The van der Waals surface area contributed by atoms with E-state index in [0.29, 0.717) is 37.3 Å². The molecule has 1 aliphatic heterocycles. The highest BCUT2D eigenvalue weighted by Gasteiger charge is 2.28. The first kappa shape index (κ1) is 19.3. The predicted octanol–water partition coefficient (Wildman–Crippen LogP) is 3.73. The maximum Gasteiger partial charge on any atom is 0.271 e. The van der Waals surface area contributed by atoms with Gasteiger partial charge in [-0.2, -0.15) is 5.10 Å². The number of anilines is 1. The van der Waals surface area contributed by atoms with Crippen LogP contribution >= 0.6 is 15.9 Å². The Balaban J connectivity index is 1.34. The number of nitrogens with one attached hydrogen (secondary N) is 2. The summed E-state index contributed by atoms with van der Waals surface area (Å²) in [4.78, 5) is 31.2. The SMILES string of the molecule is O=C(Nc1cccc(Br)c1)C1CCN(C(=O)c2cc(-c3cccnc3)n[nH]2)CC1. The lowest BCUT2D eigenvalue weighted by molar-refractivity contribution is -0.121. The Morgan fingerprint density at radius 3 is 2.69 bits per heavy atom. The molecular formula is C21H20BrN5O2. The zero-order valence-electron chi connectivity index (χ0n) is 15.6. The molecule has 1 saturated heterocycles. The average Bonchev–Trinajstić information content (AvgIpc) is 3.24. The maximum atomic E-state index is 12.8. The van der Waals surface area contributed by atoms with E-state index in [4.69, 9.17) is 0 Å². The lowest BCUT2D eigenvalue weighted by Crippen LogP contribution is -2.41. The largest absolute Gasteiger partial charge is 0.337 e. The Bertz CT molecular complexity index is 1010. The number of carbonyl (C=O) groups excluding carboxylic acids is 2. The number of hydrogen-bond acceptors (Lipinski definition) is 4. The van der Waals surface area contributed by atoms with Gasteiger partial charge in [-0.1, -0.05) is 22.0 Å². The highest BCUT2D eigenvalue weighted by molar-refractivity contribution is 9.10. The monoisotopic (exact) mass is 453 g/mol. The van der Waals surface area contributed by atoms with E-state index in [-0.39, 0.29) is 17.7 Å². The third-order valence-corrected chi connectivity index (χ3v) is 5.50. The fraction of sp³-hybridized carbons (Fsp3) is 0.238. The number of rotatable bonds is 4. The van der Waals surface area contributed by atoms with E-state index in [2.05, 4.69) is 36.4 Å². The molecule has 8 heteroatoms. The van der Waals surface area contributed by atoms with Crippen molar-refractivity contribution >= 4 is 33.4 Å². The van der Waals surface area contributed by atoms with Crippen LogP contribution in [0.4, 0.5) is 5.69 Å². The fourth-order valence-electron chi connectivity index (χ4n) is 3.42. The molecule has 2 aromatic heterocycles. The van der Waals surface area contributed by atoms with Gasteiger partial charge in [-0.15, -0.1) is 0 Å². The fourth-order valence-corrected chi connectivity index (χ4v) is 3.82. The summed E-state index contributed by atoms with van der Waals surface area (Å²) >= 11 is 3.40. The summed E-state index contributed by atoms with van der Waals surface area (Å²) < 4.78 is 0.918. The normalized spacial score (nSPS) is 14.6. The number of aromatic nitrogens is 3. The van der Waals surface area contributed by atoms with Crippen LogP contribution in [-0.2, 0) is 4.79 Å². The minimum Gasteiger partial charge on any atom is -0.337 e. The third kappa shape index (κ3) is 4.54. The second-order valence-corrected chi connectivity index (χ2v) is 7.89. The molecule has 0 bridgehead atoms. The topological polar surface area (TPSA) is 91.0 Å². The summed E-state index contributed by atoms with van der Waals surface area (Å²) in [7, 11) is 0. The molecule has 2 N–H and O–H groups in total. The van der Waals surface area contributed by atoms with Crippen LogP contribution in [0, 0.1) is 5.92 Å². The van der Waals surface area contributed by atoms with Gasteiger partial charge in [0, 0.05) is 47.1 Å². The Hall–Kier alpha value is -3.00. The first-order valence-corrected chi connectivity index (χ1v) is 10.2. The summed E-state index contributed by atoms with van der Waals surface area (Å²) in [5.74, 6) is -0.208. The molecule has 0 spiro atoms. The number of halogens is 1. The number of piperidine rings is 1. The molecule has 0 saturated carbocycles. The first-order chi connectivity index (χ1) is 14.1. The van der Waals surface area contributed by atoms with Crippen LogP contribution in [0.3, 0.4) is 0 Å². The predicted molar refractivity (Wildman–Crippen MR) is 113 cm³/mol. The number of carbonyl (C=O) groups is 2. The van der Waals surface area contributed by atoms with Gasteiger partial charge in [0.25, 0.3) is 5.91 Å². The molecule has 0 radical (unpaired) electrons. The van der Waals surface area contributed by atoms with E-state index in [1.54, 1.807) is 23.4 Å². The lowest BCUT2D eigenvalue weighted by Gasteiger charge is -2.31. The van der Waals surface area contributed by atoms with Crippen molar-refractivity contribution in [2.24, 2.45) is 5.92 Å². The molecule has 0 aliphatic carbocycles. The van der Waals surface area contributed by atoms with Crippen LogP contribution in [0.25, 0.3) is 11.3 Å². The number of nitrogens with zero attached hydrogens (tertiary/aromatic N) is 3. The van der Waals surface area contributed by atoms with Crippen molar-refractivity contribution in [2.75, 3.05) is 18.4 Å². The number of likely N-dealkylation sites (tertiary alicyclic amines) is 1. The van der Waals surface area contributed by atoms with E-state index in [1.807, 2.05) is 36.4 Å². The van der Waals surface area contributed by atoms with Crippen LogP contribution in [0.2, 0.25) is 0 Å². The molecule has 3 aromatic rings. The molecule has 4 rings (SSSR count). The number of pyridine rings is 1. The highest BCUT2D eigenvalue weighted by atomic mass is 79.9. The van der Waals surface area contributed by atoms with E-state index < -0.39 is 0 Å². The average molecular weight is 454 g/mol. The summed E-state index contributed by atoms with van der Waals surface area (Å²) in [6.45, 7) is 1.08. The minimum atomic E-state index is -0.106. The van der Waals surface area contributed by atoms with Gasteiger partial charge >= 0.3 is 0 Å². The number of benzene rings is 1. The lowest BCUT2D eigenvalue weighted by atomic mass is 9.95. The van der Waals surface area contributed by atoms with Gasteiger partial charge in [-0.25, -0.2) is 0 Å². The van der Waals surface area contributed by atoms with Gasteiger partial charge in [-0.3, -0.25) is 19.7 Å². The Morgan fingerprint density at radius 1 is 1.14 bits per heavy atom. The molecule has 0 atom stereocenters. The number of H-pyrrole nitrogens is 1. The summed E-state index contributed by atoms with van der Waals surface area (Å²) in [6.07, 6.45) is 4.67. The van der Waals surface area contributed by atoms with Crippen molar-refractivity contribution < 1.29 is 9.59 Å². The Kier molecular flexibility index (Phi) is 5.71. The standard InChI is InChI=1S/C21H20BrN5O2/c22-16-4-1-5-17(11-16)24-20(28)14-6-9-27(10-7-14)21(29)19-12-18(25-26-19)15-3-2-8-23-13-15/h1-5,8,11-14H,6-7,9-10H2,(H,24,28)(H,25,26). The second kappa shape index (κ2) is 8.57. The Morgan fingerprint density at radius 2 is 1.97 bits per heavy atom. The quantitative estimate of drug-likeness (QED) is 0.629. The maximum absolute atomic E-state index is 12.8. The summed E-state index contributed by atoms with van der Waals surface area (Å²) in [5.41, 5.74) is 2.75. The summed E-state index contributed by atoms with van der Waals surface area (Å²) in [6, 6.07) is 13.0. The van der Waals surface area contributed by atoms with Crippen LogP contribution < -0.4 is 5.32 Å². The van der Waals surface area contributed by atoms with Crippen molar-refractivity contribution in [3.05, 3.63) is 65.0 Å². The zero-order valence-corrected chi connectivity index (χ0v) is 17.2. The van der Waals surface area contributed by atoms with E-state index >= 15 is 0 Å². The van der Waals surface area contributed by atoms with Gasteiger partial charge < -0.3 is 10.2 Å². The molecule has 0 unspecified atom stereocenters. The first-order valence-electron chi connectivity index (χ1n) is 9.41. The molecular weight excluding hydrogens is 434 g/mol.